The van der Waals surface area contributed by atoms with Crippen LogP contribution in [0.5, 0.6) is 11.5 Å². The molecule has 1 N–H and O–H groups in total. The Morgan fingerprint density at radius 2 is 1.86 bits per heavy atom. The molecule has 1 amide bonds. The molecule has 1 saturated heterocycles. The highest BCUT2D eigenvalue weighted by Crippen LogP contribution is 2.43. The quantitative estimate of drug-likeness (QED) is 0.220. The van der Waals surface area contributed by atoms with E-state index in [-0.39, 0.29) is 11.3 Å². The predicted molar refractivity (Wildman–Crippen MR) is 139 cm³/mol. The van der Waals surface area contributed by atoms with E-state index >= 15 is 0 Å². The third-order valence-electron chi connectivity index (χ3n) is 6.62. The van der Waals surface area contributed by atoms with Crippen molar-refractivity contribution in [2.24, 2.45) is 7.05 Å². The molecule has 5 rings (SSSR count). The molecule has 8 heteroatoms. The molecule has 184 valence electrons. The Morgan fingerprint density at radius 1 is 1.06 bits per heavy atom. The highest BCUT2D eigenvalue weighted by Gasteiger charge is 2.46. The predicted octanol–water partition coefficient (Wildman–Crippen LogP) is 4.92. The number of nitrogens with zero attached hydrogens (tertiary/aromatic N) is 2. The number of aryl methyl sites for hydroxylation is 1. The number of para-hydroxylation sites is 1. The number of amides is 1. The van der Waals surface area contributed by atoms with Crippen LogP contribution in [0.1, 0.15) is 22.0 Å². The number of methoxy groups -OCH3 is 2. The van der Waals surface area contributed by atoms with Crippen LogP contribution in [0.15, 0.2) is 71.7 Å². The lowest BCUT2D eigenvalue weighted by molar-refractivity contribution is -0.139. The van der Waals surface area contributed by atoms with E-state index in [2.05, 4.69) is 22.9 Å². The smallest absolute Gasteiger partial charge is 0.295 e. The second kappa shape index (κ2) is 9.54. The fraction of sp³-hybridized carbons (Fsp3) is 0.214. The average Bonchev–Trinajstić information content (AvgIpc) is 3.60. The van der Waals surface area contributed by atoms with Gasteiger partial charge in [0.25, 0.3) is 11.7 Å². The first-order chi connectivity index (χ1) is 17.4. The van der Waals surface area contributed by atoms with Crippen LogP contribution in [0, 0.1) is 0 Å². The van der Waals surface area contributed by atoms with E-state index in [1.54, 1.807) is 23.1 Å². The first-order valence-corrected chi connectivity index (χ1v) is 12.4. The highest BCUT2D eigenvalue weighted by atomic mass is 32.1. The molecule has 0 aliphatic carbocycles. The van der Waals surface area contributed by atoms with Crippen LogP contribution in [0.2, 0.25) is 0 Å². The van der Waals surface area contributed by atoms with Gasteiger partial charge in [0, 0.05) is 35.6 Å². The molecule has 4 aromatic rings. The van der Waals surface area contributed by atoms with Gasteiger partial charge in [0.05, 0.1) is 31.4 Å². The van der Waals surface area contributed by atoms with Gasteiger partial charge in [-0.3, -0.25) is 9.59 Å². The van der Waals surface area contributed by atoms with Gasteiger partial charge in [-0.05, 0) is 47.7 Å². The molecular weight excluding hydrogens is 476 g/mol. The number of hydrogen-bond donors (Lipinski definition) is 1. The van der Waals surface area contributed by atoms with E-state index in [0.717, 1.165) is 21.3 Å². The molecule has 0 radical (unpaired) electrons. The molecule has 0 saturated carbocycles. The molecule has 1 unspecified atom stereocenters. The maximum Gasteiger partial charge on any atom is 0.295 e. The summed E-state index contributed by atoms with van der Waals surface area (Å²) in [5.41, 5.74) is 2.54. The maximum atomic E-state index is 13.3. The van der Waals surface area contributed by atoms with Crippen LogP contribution in [0.3, 0.4) is 0 Å². The lowest BCUT2D eigenvalue weighted by Crippen LogP contribution is -2.31. The van der Waals surface area contributed by atoms with Gasteiger partial charge in [0.1, 0.15) is 17.3 Å². The Kier molecular flexibility index (Phi) is 6.28. The van der Waals surface area contributed by atoms with E-state index in [0.29, 0.717) is 30.0 Å². The molecule has 1 aliphatic rings. The number of ketones is 1. The van der Waals surface area contributed by atoms with Crippen molar-refractivity contribution in [1.29, 1.82) is 0 Å². The van der Waals surface area contributed by atoms with E-state index in [1.807, 2.05) is 36.7 Å². The third-order valence-corrected chi connectivity index (χ3v) is 7.54. The third kappa shape index (κ3) is 3.93. The highest BCUT2D eigenvalue weighted by molar-refractivity contribution is 7.10. The van der Waals surface area contributed by atoms with Crippen LogP contribution in [-0.2, 0) is 23.1 Å². The van der Waals surface area contributed by atoms with Gasteiger partial charge >= 0.3 is 0 Å². The van der Waals surface area contributed by atoms with Crippen molar-refractivity contribution in [2.45, 2.75) is 12.5 Å². The summed E-state index contributed by atoms with van der Waals surface area (Å²) < 4.78 is 12.8. The summed E-state index contributed by atoms with van der Waals surface area (Å²) in [5, 5.41) is 14.4. The number of aliphatic hydroxyl groups is 1. The SMILES string of the molecule is COc1ccc(OC)c(/C(O)=C2/C(=O)C(=O)N(CCc3cn(C)c4ccccc34)C2c2cccs2)c1. The van der Waals surface area contributed by atoms with E-state index in [4.69, 9.17) is 9.47 Å². The number of rotatable bonds is 7. The molecule has 0 bridgehead atoms. The van der Waals surface area contributed by atoms with Crippen molar-refractivity contribution < 1.29 is 24.2 Å². The summed E-state index contributed by atoms with van der Waals surface area (Å²) in [6.07, 6.45) is 2.63. The number of fused-ring (bicyclic) bond motifs is 1. The summed E-state index contributed by atoms with van der Waals surface area (Å²) in [4.78, 5) is 29.0. The molecule has 1 aliphatic heterocycles. The van der Waals surface area contributed by atoms with Crippen molar-refractivity contribution in [3.05, 3.63) is 87.8 Å². The van der Waals surface area contributed by atoms with Crippen molar-refractivity contribution in [2.75, 3.05) is 20.8 Å². The van der Waals surface area contributed by atoms with Crippen molar-refractivity contribution >= 4 is 39.7 Å². The Morgan fingerprint density at radius 3 is 2.58 bits per heavy atom. The standard InChI is InChI=1S/C28H26N2O5S/c1-29-16-17(19-7-4-5-8-21(19)29)12-13-30-25(23-9-6-14-36-23)24(27(32)28(30)33)26(31)20-15-18(34-2)10-11-22(20)35-3/h4-11,14-16,25,31H,12-13H2,1-3H3/b26-24-. The fourth-order valence-corrected chi connectivity index (χ4v) is 5.71. The number of ether oxygens (including phenoxy) is 2. The Bertz CT molecular complexity index is 1490. The summed E-state index contributed by atoms with van der Waals surface area (Å²) in [5.74, 6) is -0.753. The van der Waals surface area contributed by atoms with Gasteiger partial charge in [0.2, 0.25) is 0 Å². The number of carbonyl (C=O) groups excluding carboxylic acids is 2. The summed E-state index contributed by atoms with van der Waals surface area (Å²) >= 11 is 1.44. The van der Waals surface area contributed by atoms with E-state index < -0.39 is 17.7 Å². The van der Waals surface area contributed by atoms with Gasteiger partial charge in [-0.15, -0.1) is 11.3 Å². The number of benzene rings is 2. The number of aliphatic hydroxyl groups excluding tert-OH is 1. The van der Waals surface area contributed by atoms with Crippen molar-refractivity contribution in [1.82, 2.24) is 9.47 Å². The molecular formula is C28H26N2O5S. The lowest BCUT2D eigenvalue weighted by Gasteiger charge is -2.24. The number of Topliss-reactive ketones (excluding diaryl/α,β-unsaturated/α-hetero) is 1. The van der Waals surface area contributed by atoms with Crippen LogP contribution in [-0.4, -0.2) is 47.0 Å². The maximum absolute atomic E-state index is 13.3. The minimum absolute atomic E-state index is 0.0481. The minimum atomic E-state index is -0.714. The van der Waals surface area contributed by atoms with Crippen LogP contribution in [0.25, 0.3) is 16.7 Å². The number of aromatic nitrogens is 1. The first kappa shape index (κ1) is 23.7. The van der Waals surface area contributed by atoms with Crippen LogP contribution in [0.4, 0.5) is 0 Å². The minimum Gasteiger partial charge on any atom is -0.507 e. The summed E-state index contributed by atoms with van der Waals surface area (Å²) in [6.45, 7) is 0.327. The average molecular weight is 503 g/mol. The molecule has 36 heavy (non-hydrogen) atoms. The fourth-order valence-electron chi connectivity index (χ4n) is 4.86. The number of hydrogen-bond acceptors (Lipinski definition) is 6. The topological polar surface area (TPSA) is 81.0 Å². The van der Waals surface area contributed by atoms with Gasteiger partial charge in [-0.25, -0.2) is 0 Å². The van der Waals surface area contributed by atoms with Crippen molar-refractivity contribution in [3.8, 4) is 11.5 Å². The van der Waals surface area contributed by atoms with Gasteiger partial charge in [0.15, 0.2) is 0 Å². The van der Waals surface area contributed by atoms with Crippen molar-refractivity contribution in [3.63, 3.8) is 0 Å². The lowest BCUT2D eigenvalue weighted by atomic mass is 9.99. The monoisotopic (exact) mass is 502 g/mol. The zero-order valence-corrected chi connectivity index (χ0v) is 21.0. The zero-order valence-electron chi connectivity index (χ0n) is 20.2. The van der Waals surface area contributed by atoms with Gasteiger partial charge in [-0.2, -0.15) is 0 Å². The van der Waals surface area contributed by atoms with E-state index in [1.165, 1.54) is 25.6 Å². The van der Waals surface area contributed by atoms with Gasteiger partial charge in [-0.1, -0.05) is 24.3 Å². The molecule has 2 aromatic carbocycles. The van der Waals surface area contributed by atoms with E-state index in [9.17, 15) is 14.7 Å². The number of likely N-dealkylation sites (tertiary alicyclic amines) is 1. The van der Waals surface area contributed by atoms with Gasteiger partial charge < -0.3 is 24.0 Å². The Balaban J connectivity index is 1.58. The molecule has 7 nitrogen and oxygen atoms in total. The molecule has 2 aromatic heterocycles. The second-order valence-corrected chi connectivity index (χ2v) is 9.59. The molecule has 0 spiro atoms. The molecule has 1 atom stereocenters. The number of carbonyl (C=O) groups is 2. The largest absolute Gasteiger partial charge is 0.507 e. The first-order valence-electron chi connectivity index (χ1n) is 11.5. The zero-order chi connectivity index (χ0) is 25.4. The Labute approximate surface area is 212 Å². The summed E-state index contributed by atoms with van der Waals surface area (Å²) in [6, 6.07) is 16.1. The van der Waals surface area contributed by atoms with Crippen LogP contribution < -0.4 is 9.47 Å². The van der Waals surface area contributed by atoms with Crippen LogP contribution >= 0.6 is 11.3 Å². The molecule has 1 fully saturated rings. The summed E-state index contributed by atoms with van der Waals surface area (Å²) in [7, 11) is 4.99. The second-order valence-electron chi connectivity index (χ2n) is 8.61. The normalized spacial score (nSPS) is 17.2. The Hall–Kier alpha value is -4.04. The number of thiophene rings is 1. The molecule has 3 heterocycles.